The third kappa shape index (κ3) is 3.80. The van der Waals surface area contributed by atoms with Crippen LogP contribution in [0.4, 0.5) is 22.0 Å². The number of urea groups is 1. The van der Waals surface area contributed by atoms with Gasteiger partial charge in [0.05, 0.1) is 6.26 Å². The number of nitrogens with one attached hydrogen (secondary N) is 3. The van der Waals surface area contributed by atoms with Gasteiger partial charge in [-0.15, -0.1) is 0 Å². The molecule has 3 N–H and O–H groups in total. The highest BCUT2D eigenvalue weighted by atomic mass is 16.5. The number of nitrogens with zero attached hydrogens (tertiary/aromatic N) is 1. The standard InChI is InChI=1S/C16H14N4O4/c1-10-8-14(20-24-10)19-16(22)18-12-5-2-4-11(9-12)17-15(21)13-6-3-7-23-13/h2-9H,1H3,(H,17,21)(H2,18,19,20,22). The normalized spacial score (nSPS) is 10.2. The second-order valence-electron chi connectivity index (χ2n) is 4.91. The lowest BCUT2D eigenvalue weighted by Crippen LogP contribution is -2.19. The monoisotopic (exact) mass is 326 g/mol. The van der Waals surface area contributed by atoms with Crippen LogP contribution in [0.2, 0.25) is 0 Å². The van der Waals surface area contributed by atoms with Crippen molar-refractivity contribution in [1.82, 2.24) is 5.16 Å². The van der Waals surface area contributed by atoms with Crippen molar-refractivity contribution < 1.29 is 18.5 Å². The molecule has 2 heterocycles. The first-order chi connectivity index (χ1) is 11.6. The van der Waals surface area contributed by atoms with Crippen LogP contribution < -0.4 is 16.0 Å². The van der Waals surface area contributed by atoms with E-state index in [-0.39, 0.29) is 11.7 Å². The highest BCUT2D eigenvalue weighted by Gasteiger charge is 2.10. The predicted octanol–water partition coefficient (Wildman–Crippen LogP) is 3.47. The Bertz CT molecular complexity index is 855. The molecule has 8 nitrogen and oxygen atoms in total. The zero-order valence-electron chi connectivity index (χ0n) is 12.7. The number of amides is 3. The fourth-order valence-electron chi connectivity index (χ4n) is 1.98. The van der Waals surface area contributed by atoms with Crippen LogP contribution in [0, 0.1) is 6.92 Å². The molecule has 3 aromatic rings. The minimum atomic E-state index is -0.474. The van der Waals surface area contributed by atoms with Crippen molar-refractivity contribution in [3.05, 3.63) is 60.2 Å². The molecule has 0 atom stereocenters. The van der Waals surface area contributed by atoms with Crippen molar-refractivity contribution in [1.29, 1.82) is 0 Å². The van der Waals surface area contributed by atoms with Crippen LogP contribution in [-0.4, -0.2) is 17.1 Å². The van der Waals surface area contributed by atoms with Gasteiger partial charge in [-0.3, -0.25) is 10.1 Å². The van der Waals surface area contributed by atoms with Gasteiger partial charge in [0.1, 0.15) is 5.76 Å². The lowest BCUT2D eigenvalue weighted by molar-refractivity contribution is 0.0996. The molecule has 0 bridgehead atoms. The molecule has 0 aliphatic heterocycles. The molecule has 3 amide bonds. The van der Waals surface area contributed by atoms with E-state index in [1.807, 2.05) is 0 Å². The number of rotatable bonds is 4. The SMILES string of the molecule is Cc1cc(NC(=O)Nc2cccc(NC(=O)c3ccco3)c2)no1. The zero-order valence-corrected chi connectivity index (χ0v) is 12.7. The molecule has 0 fully saturated rings. The molecule has 1 aromatic carbocycles. The molecule has 0 aliphatic carbocycles. The van der Waals surface area contributed by atoms with Gasteiger partial charge in [-0.05, 0) is 37.3 Å². The Morgan fingerprint density at radius 1 is 1.00 bits per heavy atom. The van der Waals surface area contributed by atoms with Crippen LogP contribution in [-0.2, 0) is 0 Å². The van der Waals surface area contributed by atoms with Crippen molar-refractivity contribution in [3.63, 3.8) is 0 Å². The maximum atomic E-state index is 11.9. The van der Waals surface area contributed by atoms with Crippen molar-refractivity contribution in [2.75, 3.05) is 16.0 Å². The van der Waals surface area contributed by atoms with Crippen LogP contribution in [0.25, 0.3) is 0 Å². The first kappa shape index (κ1) is 15.3. The molecule has 0 radical (unpaired) electrons. The smallest absolute Gasteiger partial charge is 0.324 e. The molecule has 3 rings (SSSR count). The minimum absolute atomic E-state index is 0.201. The maximum absolute atomic E-state index is 11.9. The minimum Gasteiger partial charge on any atom is -0.459 e. The first-order valence-corrected chi connectivity index (χ1v) is 7.06. The van der Waals surface area contributed by atoms with Gasteiger partial charge in [0.2, 0.25) is 0 Å². The van der Waals surface area contributed by atoms with E-state index in [0.717, 1.165) is 0 Å². The molecule has 24 heavy (non-hydrogen) atoms. The van der Waals surface area contributed by atoms with Crippen LogP contribution in [0.15, 0.2) is 57.7 Å². The Labute approximate surface area is 136 Å². The van der Waals surface area contributed by atoms with Crippen LogP contribution in [0.3, 0.4) is 0 Å². The summed E-state index contributed by atoms with van der Waals surface area (Å²) in [6.45, 7) is 1.72. The Kier molecular flexibility index (Phi) is 4.28. The van der Waals surface area contributed by atoms with Gasteiger partial charge >= 0.3 is 6.03 Å². The highest BCUT2D eigenvalue weighted by Crippen LogP contribution is 2.17. The molecule has 122 valence electrons. The number of carbonyl (C=O) groups is 2. The van der Waals surface area contributed by atoms with E-state index in [1.54, 1.807) is 49.4 Å². The molecular formula is C16H14N4O4. The first-order valence-electron chi connectivity index (χ1n) is 7.06. The molecular weight excluding hydrogens is 312 g/mol. The molecule has 2 aromatic heterocycles. The third-order valence-corrected chi connectivity index (χ3v) is 2.99. The van der Waals surface area contributed by atoms with Crippen LogP contribution in [0.1, 0.15) is 16.3 Å². The predicted molar refractivity (Wildman–Crippen MR) is 87.0 cm³/mol. The second kappa shape index (κ2) is 6.69. The number of hydrogen-bond donors (Lipinski definition) is 3. The quantitative estimate of drug-likeness (QED) is 0.680. The molecule has 0 spiro atoms. The fourth-order valence-corrected chi connectivity index (χ4v) is 1.98. The lowest BCUT2D eigenvalue weighted by atomic mass is 10.2. The molecule has 0 saturated carbocycles. The van der Waals surface area contributed by atoms with E-state index in [4.69, 9.17) is 8.94 Å². The number of carbonyl (C=O) groups excluding carboxylic acids is 2. The number of benzene rings is 1. The van der Waals surface area contributed by atoms with Gasteiger partial charge < -0.3 is 19.6 Å². The third-order valence-electron chi connectivity index (χ3n) is 2.99. The van der Waals surface area contributed by atoms with E-state index < -0.39 is 6.03 Å². The van der Waals surface area contributed by atoms with E-state index in [0.29, 0.717) is 23.0 Å². The van der Waals surface area contributed by atoms with Crippen LogP contribution >= 0.6 is 0 Å². The Balaban J connectivity index is 1.62. The second-order valence-corrected chi connectivity index (χ2v) is 4.91. The fraction of sp³-hybridized carbons (Fsp3) is 0.0625. The summed E-state index contributed by atoms with van der Waals surface area (Å²) < 4.78 is 9.89. The number of hydrogen-bond acceptors (Lipinski definition) is 5. The van der Waals surface area contributed by atoms with Crippen molar-refractivity contribution in [3.8, 4) is 0 Å². The number of aryl methyl sites for hydroxylation is 1. The lowest BCUT2D eigenvalue weighted by Gasteiger charge is -2.08. The van der Waals surface area contributed by atoms with Gasteiger partial charge in [0, 0.05) is 17.4 Å². The van der Waals surface area contributed by atoms with Crippen LogP contribution in [0.5, 0.6) is 0 Å². The largest absolute Gasteiger partial charge is 0.459 e. The summed E-state index contributed by atoms with van der Waals surface area (Å²) in [6.07, 6.45) is 1.42. The topological polar surface area (TPSA) is 109 Å². The Morgan fingerprint density at radius 3 is 2.46 bits per heavy atom. The van der Waals surface area contributed by atoms with Gasteiger partial charge in [0.15, 0.2) is 11.6 Å². The molecule has 0 saturated heterocycles. The zero-order chi connectivity index (χ0) is 16.9. The van der Waals surface area contributed by atoms with Gasteiger partial charge in [-0.25, -0.2) is 4.79 Å². The maximum Gasteiger partial charge on any atom is 0.324 e. The van der Waals surface area contributed by atoms with E-state index in [2.05, 4.69) is 21.1 Å². The molecule has 0 aliphatic rings. The van der Waals surface area contributed by atoms with Gasteiger partial charge in [0.25, 0.3) is 5.91 Å². The molecule has 8 heteroatoms. The summed E-state index contributed by atoms with van der Waals surface area (Å²) in [5, 5.41) is 11.5. The van der Waals surface area contributed by atoms with E-state index in [9.17, 15) is 9.59 Å². The summed E-state index contributed by atoms with van der Waals surface area (Å²) >= 11 is 0. The number of aromatic nitrogens is 1. The summed E-state index contributed by atoms with van der Waals surface area (Å²) in [5.41, 5.74) is 1.02. The van der Waals surface area contributed by atoms with Gasteiger partial charge in [-0.2, -0.15) is 0 Å². The average molecular weight is 326 g/mol. The summed E-state index contributed by atoms with van der Waals surface area (Å²) in [4.78, 5) is 23.8. The van der Waals surface area contributed by atoms with E-state index >= 15 is 0 Å². The molecule has 0 unspecified atom stereocenters. The Hall–Kier alpha value is -3.55. The summed E-state index contributed by atoms with van der Waals surface area (Å²) in [5.74, 6) is 0.729. The number of furan rings is 1. The Morgan fingerprint density at radius 2 is 1.79 bits per heavy atom. The van der Waals surface area contributed by atoms with Gasteiger partial charge in [-0.1, -0.05) is 11.2 Å². The average Bonchev–Trinajstić information content (AvgIpc) is 3.19. The van der Waals surface area contributed by atoms with Crippen molar-refractivity contribution in [2.24, 2.45) is 0 Å². The highest BCUT2D eigenvalue weighted by molar-refractivity contribution is 6.03. The van der Waals surface area contributed by atoms with E-state index in [1.165, 1.54) is 6.26 Å². The van der Waals surface area contributed by atoms with Crippen molar-refractivity contribution in [2.45, 2.75) is 6.92 Å². The summed E-state index contributed by atoms with van der Waals surface area (Å²) in [7, 11) is 0. The summed E-state index contributed by atoms with van der Waals surface area (Å²) in [6, 6.07) is 11.0. The van der Waals surface area contributed by atoms with Crippen molar-refractivity contribution >= 4 is 29.1 Å². The number of anilines is 3.